The van der Waals surface area contributed by atoms with Gasteiger partial charge in [-0.15, -0.1) is 0 Å². The molecule has 0 amide bonds. The zero-order valence-electron chi connectivity index (χ0n) is 23.8. The Morgan fingerprint density at radius 3 is 2.51 bits per heavy atom. The van der Waals surface area contributed by atoms with Crippen molar-refractivity contribution in [1.82, 2.24) is 24.8 Å². The van der Waals surface area contributed by atoms with E-state index in [0.29, 0.717) is 18.5 Å². The Morgan fingerprint density at radius 2 is 1.70 bits per heavy atom. The van der Waals surface area contributed by atoms with Gasteiger partial charge in [-0.3, -0.25) is 14.9 Å². The summed E-state index contributed by atoms with van der Waals surface area (Å²) in [6.45, 7) is 3.46. The predicted molar refractivity (Wildman–Crippen MR) is 166 cm³/mol. The number of piperidine rings is 1. The van der Waals surface area contributed by atoms with E-state index in [1.54, 1.807) is 6.20 Å². The van der Waals surface area contributed by atoms with Crippen LogP contribution in [0.5, 0.6) is 5.75 Å². The number of benzene rings is 2. The summed E-state index contributed by atoms with van der Waals surface area (Å²) in [5.74, 6) is 1.78. The molecule has 8 nitrogen and oxygen atoms in total. The molecule has 212 valence electrons. The highest BCUT2D eigenvalue weighted by atomic mass is 16.5. The highest BCUT2D eigenvalue weighted by Crippen LogP contribution is 2.45. The van der Waals surface area contributed by atoms with Crippen LogP contribution in [0.25, 0.3) is 33.5 Å². The van der Waals surface area contributed by atoms with Gasteiger partial charge in [0.1, 0.15) is 17.6 Å². The van der Waals surface area contributed by atoms with Gasteiger partial charge in [0, 0.05) is 67.4 Å². The minimum atomic E-state index is 0.193. The van der Waals surface area contributed by atoms with Gasteiger partial charge in [-0.1, -0.05) is 60.7 Å². The number of nitriles is 1. The van der Waals surface area contributed by atoms with Crippen molar-refractivity contribution in [2.24, 2.45) is 0 Å². The molecule has 0 saturated carbocycles. The van der Waals surface area contributed by atoms with Gasteiger partial charge in [0.2, 0.25) is 5.82 Å². The van der Waals surface area contributed by atoms with E-state index < -0.39 is 0 Å². The Hall–Kier alpha value is -5.13. The SMILES string of the molecule is N#Cc1nccc(NC2CCN(Cc3ccc(-c4ncc5c(c4-c4ccccc4)OCCc4ncccc4-5)cc3)CC2)n1. The Balaban J connectivity index is 1.10. The summed E-state index contributed by atoms with van der Waals surface area (Å²) in [7, 11) is 0. The molecule has 2 aliphatic rings. The van der Waals surface area contributed by atoms with Crippen LogP contribution in [0.4, 0.5) is 5.82 Å². The standard InChI is InChI=1S/C35H31N7O/c36-21-32-38-17-12-31(41-32)40-27-13-18-42(19-14-27)23-24-8-10-26(11-9-24)34-33(25-5-2-1-3-6-25)35-29(22-39-34)28-7-4-16-37-30(28)15-20-43-35/h1-12,16-17,22,27H,13-15,18-20,23H2,(H,38,40,41). The third-order valence-electron chi connectivity index (χ3n) is 8.19. The summed E-state index contributed by atoms with van der Waals surface area (Å²) in [5, 5.41) is 12.5. The lowest BCUT2D eigenvalue weighted by Crippen LogP contribution is -2.38. The molecule has 0 aliphatic carbocycles. The van der Waals surface area contributed by atoms with Crippen molar-refractivity contribution >= 4 is 5.82 Å². The van der Waals surface area contributed by atoms with Gasteiger partial charge in [0.25, 0.3) is 0 Å². The average Bonchev–Trinajstić information content (AvgIpc) is 3.26. The molecule has 5 aromatic rings. The predicted octanol–water partition coefficient (Wildman–Crippen LogP) is 6.15. The lowest BCUT2D eigenvalue weighted by molar-refractivity contribution is 0.211. The van der Waals surface area contributed by atoms with Crippen molar-refractivity contribution in [3.8, 4) is 45.3 Å². The molecule has 0 atom stereocenters. The molecular weight excluding hydrogens is 534 g/mol. The topological polar surface area (TPSA) is 99.9 Å². The van der Waals surface area contributed by atoms with Crippen LogP contribution in [0.1, 0.15) is 29.9 Å². The lowest BCUT2D eigenvalue weighted by Gasteiger charge is -2.32. The quantitative estimate of drug-likeness (QED) is 0.262. The molecule has 43 heavy (non-hydrogen) atoms. The highest BCUT2D eigenvalue weighted by Gasteiger charge is 2.24. The molecule has 0 bridgehead atoms. The molecule has 0 spiro atoms. The van der Waals surface area contributed by atoms with E-state index in [9.17, 15) is 0 Å². The van der Waals surface area contributed by atoms with Gasteiger partial charge in [0.15, 0.2) is 0 Å². The zero-order valence-corrected chi connectivity index (χ0v) is 23.8. The maximum absolute atomic E-state index is 9.06. The number of nitrogens with zero attached hydrogens (tertiary/aromatic N) is 6. The van der Waals surface area contributed by atoms with Crippen molar-refractivity contribution < 1.29 is 4.74 Å². The number of rotatable bonds is 6. The molecule has 3 aromatic heterocycles. The number of nitrogens with one attached hydrogen (secondary N) is 1. The van der Waals surface area contributed by atoms with Crippen LogP contribution >= 0.6 is 0 Å². The molecule has 2 aromatic carbocycles. The summed E-state index contributed by atoms with van der Waals surface area (Å²) >= 11 is 0. The fourth-order valence-electron chi connectivity index (χ4n) is 6.02. The van der Waals surface area contributed by atoms with Gasteiger partial charge in [0.05, 0.1) is 23.6 Å². The number of hydrogen-bond acceptors (Lipinski definition) is 8. The summed E-state index contributed by atoms with van der Waals surface area (Å²) in [4.78, 5) is 20.3. The molecule has 2 aliphatic heterocycles. The van der Waals surface area contributed by atoms with Gasteiger partial charge >= 0.3 is 0 Å². The van der Waals surface area contributed by atoms with E-state index >= 15 is 0 Å². The Labute approximate surface area is 251 Å². The van der Waals surface area contributed by atoms with Crippen molar-refractivity contribution in [3.05, 3.63) is 108 Å². The van der Waals surface area contributed by atoms with Crippen molar-refractivity contribution in [2.75, 3.05) is 25.0 Å². The number of hydrogen-bond donors (Lipinski definition) is 1. The van der Waals surface area contributed by atoms with Crippen LogP contribution in [0, 0.1) is 11.3 Å². The van der Waals surface area contributed by atoms with Gasteiger partial charge < -0.3 is 10.1 Å². The summed E-state index contributed by atoms with van der Waals surface area (Å²) in [6.07, 6.45) is 8.21. The largest absolute Gasteiger partial charge is 0.492 e. The number of likely N-dealkylation sites (tertiary alicyclic amines) is 1. The number of pyridine rings is 2. The second kappa shape index (κ2) is 12.0. The smallest absolute Gasteiger partial charge is 0.234 e. The van der Waals surface area contributed by atoms with Crippen LogP contribution in [-0.2, 0) is 13.0 Å². The molecule has 1 fully saturated rings. The molecule has 0 unspecified atom stereocenters. The Bertz CT molecular complexity index is 1780. The minimum absolute atomic E-state index is 0.193. The van der Waals surface area contributed by atoms with Gasteiger partial charge in [-0.25, -0.2) is 9.97 Å². The first-order valence-electron chi connectivity index (χ1n) is 14.7. The summed E-state index contributed by atoms with van der Waals surface area (Å²) in [6, 6.07) is 27.4. The second-order valence-corrected chi connectivity index (χ2v) is 11.0. The van der Waals surface area contributed by atoms with E-state index in [1.165, 1.54) is 5.56 Å². The summed E-state index contributed by atoms with van der Waals surface area (Å²) < 4.78 is 6.45. The van der Waals surface area contributed by atoms with Crippen molar-refractivity contribution in [1.29, 1.82) is 5.26 Å². The third-order valence-corrected chi connectivity index (χ3v) is 8.19. The molecule has 1 N–H and O–H groups in total. The number of ether oxygens (including phenoxy) is 1. The maximum Gasteiger partial charge on any atom is 0.234 e. The Morgan fingerprint density at radius 1 is 0.860 bits per heavy atom. The van der Waals surface area contributed by atoms with Crippen LogP contribution < -0.4 is 10.1 Å². The maximum atomic E-state index is 9.06. The first-order chi connectivity index (χ1) is 21.2. The number of aromatic nitrogens is 4. The van der Waals surface area contributed by atoms with Gasteiger partial charge in [-0.2, -0.15) is 5.26 Å². The fraction of sp³-hybridized carbons (Fsp3) is 0.229. The average molecular weight is 566 g/mol. The molecule has 1 saturated heterocycles. The third kappa shape index (κ3) is 5.68. The van der Waals surface area contributed by atoms with Crippen molar-refractivity contribution in [3.63, 3.8) is 0 Å². The van der Waals surface area contributed by atoms with Crippen LogP contribution in [0.3, 0.4) is 0 Å². The van der Waals surface area contributed by atoms with Crippen LogP contribution in [0.2, 0.25) is 0 Å². The van der Waals surface area contributed by atoms with E-state index in [4.69, 9.17) is 15.0 Å². The lowest BCUT2D eigenvalue weighted by atomic mass is 9.93. The zero-order chi connectivity index (χ0) is 29.0. The molecule has 0 radical (unpaired) electrons. The molecule has 8 heteroatoms. The van der Waals surface area contributed by atoms with Crippen molar-refractivity contribution in [2.45, 2.75) is 31.8 Å². The normalized spacial score (nSPS) is 15.0. The molecule has 7 rings (SSSR count). The van der Waals surface area contributed by atoms with E-state index in [-0.39, 0.29) is 5.82 Å². The highest BCUT2D eigenvalue weighted by molar-refractivity contribution is 5.91. The van der Waals surface area contributed by atoms with Gasteiger partial charge in [-0.05, 0) is 36.1 Å². The molecule has 5 heterocycles. The fourth-order valence-corrected chi connectivity index (χ4v) is 6.02. The number of fused-ring (bicyclic) bond motifs is 3. The van der Waals surface area contributed by atoms with E-state index in [1.807, 2.05) is 36.7 Å². The van der Waals surface area contributed by atoms with E-state index in [0.717, 1.165) is 83.9 Å². The van der Waals surface area contributed by atoms with E-state index in [2.05, 4.69) is 79.8 Å². The van der Waals surface area contributed by atoms with Crippen LogP contribution in [0.15, 0.2) is 91.4 Å². The number of anilines is 1. The first kappa shape index (κ1) is 26.7. The van der Waals surface area contributed by atoms with Crippen LogP contribution in [-0.4, -0.2) is 50.6 Å². The monoisotopic (exact) mass is 565 g/mol. The summed E-state index contributed by atoms with van der Waals surface area (Å²) in [5.41, 5.74) is 8.47. The Kier molecular flexibility index (Phi) is 7.47. The second-order valence-electron chi connectivity index (χ2n) is 11.0. The minimum Gasteiger partial charge on any atom is -0.492 e. The first-order valence-corrected chi connectivity index (χ1v) is 14.7. The molecular formula is C35H31N7O.